The molecule has 0 atom stereocenters. The molecule has 1 heterocycles. The minimum atomic E-state index is -0.0495. The van der Waals surface area contributed by atoms with E-state index in [2.05, 4.69) is 10.3 Å². The van der Waals surface area contributed by atoms with Crippen LogP contribution in [0.5, 0.6) is 5.88 Å². The number of nitrogens with one attached hydrogen (secondary N) is 1. The molecule has 0 radical (unpaired) electrons. The first-order valence-electron chi connectivity index (χ1n) is 7.56. The molecule has 1 aromatic rings. The van der Waals surface area contributed by atoms with Crippen molar-refractivity contribution in [2.45, 2.75) is 52.1 Å². The monoisotopic (exact) mass is 276 g/mol. The summed E-state index contributed by atoms with van der Waals surface area (Å²) in [5, 5.41) is 2.97. The zero-order valence-electron chi connectivity index (χ0n) is 12.4. The number of pyridine rings is 1. The Morgan fingerprint density at radius 2 is 2.15 bits per heavy atom. The standard InChI is InChI=1S/C16H24N2O2/c1-12(2)20-15-8-7-14(11-18-15)16(19)17-10-9-13-5-3-4-6-13/h7-8,11-13H,3-6,9-10H2,1-2H3,(H,17,19). The van der Waals surface area contributed by atoms with E-state index in [1.807, 2.05) is 13.8 Å². The molecule has 0 unspecified atom stereocenters. The first-order valence-corrected chi connectivity index (χ1v) is 7.56. The number of hydrogen-bond donors (Lipinski definition) is 1. The zero-order valence-corrected chi connectivity index (χ0v) is 12.4. The highest BCUT2D eigenvalue weighted by Gasteiger charge is 2.15. The van der Waals surface area contributed by atoms with Gasteiger partial charge in [0.25, 0.3) is 5.91 Å². The van der Waals surface area contributed by atoms with Crippen molar-refractivity contribution in [3.63, 3.8) is 0 Å². The van der Waals surface area contributed by atoms with Gasteiger partial charge in [-0.1, -0.05) is 25.7 Å². The lowest BCUT2D eigenvalue weighted by Gasteiger charge is -2.11. The normalized spacial score (nSPS) is 15.6. The molecule has 20 heavy (non-hydrogen) atoms. The Kier molecular flexibility index (Phi) is 5.39. The Morgan fingerprint density at radius 1 is 1.40 bits per heavy atom. The Morgan fingerprint density at radius 3 is 2.75 bits per heavy atom. The molecule has 1 N–H and O–H groups in total. The van der Waals surface area contributed by atoms with E-state index in [9.17, 15) is 4.79 Å². The van der Waals surface area contributed by atoms with Gasteiger partial charge in [0.15, 0.2) is 0 Å². The van der Waals surface area contributed by atoms with Gasteiger partial charge in [-0.15, -0.1) is 0 Å². The third-order valence-corrected chi connectivity index (χ3v) is 3.67. The van der Waals surface area contributed by atoms with E-state index in [-0.39, 0.29) is 12.0 Å². The average molecular weight is 276 g/mol. The molecule has 0 aromatic carbocycles. The topological polar surface area (TPSA) is 51.2 Å². The van der Waals surface area contributed by atoms with Gasteiger partial charge in [0.1, 0.15) is 0 Å². The van der Waals surface area contributed by atoms with Crippen LogP contribution in [0.2, 0.25) is 0 Å². The SMILES string of the molecule is CC(C)Oc1ccc(C(=O)NCCC2CCCC2)cn1. The second kappa shape index (κ2) is 7.27. The molecule has 2 rings (SSSR count). The summed E-state index contributed by atoms with van der Waals surface area (Å²) < 4.78 is 5.45. The van der Waals surface area contributed by atoms with Crippen LogP contribution in [-0.2, 0) is 0 Å². The Bertz CT molecular complexity index is 423. The molecular formula is C16H24N2O2. The molecule has 1 aromatic heterocycles. The first-order chi connectivity index (χ1) is 9.65. The number of rotatable bonds is 6. The summed E-state index contributed by atoms with van der Waals surface area (Å²) in [5.74, 6) is 1.31. The van der Waals surface area contributed by atoms with Gasteiger partial charge in [0.2, 0.25) is 5.88 Å². The summed E-state index contributed by atoms with van der Waals surface area (Å²) in [6.07, 6.45) is 8.08. The maximum Gasteiger partial charge on any atom is 0.252 e. The van der Waals surface area contributed by atoms with Crippen LogP contribution in [0.1, 0.15) is 56.3 Å². The number of carbonyl (C=O) groups is 1. The summed E-state index contributed by atoms with van der Waals surface area (Å²) in [5.41, 5.74) is 0.590. The summed E-state index contributed by atoms with van der Waals surface area (Å²) in [4.78, 5) is 16.1. The van der Waals surface area contributed by atoms with Crippen LogP contribution in [0.3, 0.4) is 0 Å². The predicted octanol–water partition coefficient (Wildman–Crippen LogP) is 3.18. The van der Waals surface area contributed by atoms with E-state index >= 15 is 0 Å². The highest BCUT2D eigenvalue weighted by Crippen LogP contribution is 2.26. The second-order valence-electron chi connectivity index (χ2n) is 5.75. The van der Waals surface area contributed by atoms with Crippen molar-refractivity contribution in [2.24, 2.45) is 5.92 Å². The van der Waals surface area contributed by atoms with E-state index in [1.54, 1.807) is 18.3 Å². The van der Waals surface area contributed by atoms with E-state index in [0.717, 1.165) is 18.9 Å². The zero-order chi connectivity index (χ0) is 14.4. The fourth-order valence-electron chi connectivity index (χ4n) is 2.62. The van der Waals surface area contributed by atoms with Gasteiger partial charge < -0.3 is 10.1 Å². The number of carbonyl (C=O) groups excluding carboxylic acids is 1. The van der Waals surface area contributed by atoms with Gasteiger partial charge in [-0.2, -0.15) is 0 Å². The molecule has 4 nitrogen and oxygen atoms in total. The molecule has 1 saturated carbocycles. The van der Waals surface area contributed by atoms with Gasteiger partial charge in [0, 0.05) is 18.8 Å². The number of amides is 1. The van der Waals surface area contributed by atoms with Crippen molar-refractivity contribution in [2.75, 3.05) is 6.54 Å². The third-order valence-electron chi connectivity index (χ3n) is 3.67. The maximum absolute atomic E-state index is 12.0. The fourth-order valence-corrected chi connectivity index (χ4v) is 2.62. The minimum Gasteiger partial charge on any atom is -0.475 e. The molecular weight excluding hydrogens is 252 g/mol. The van der Waals surface area contributed by atoms with E-state index in [1.165, 1.54) is 25.7 Å². The Labute approximate surface area is 120 Å². The van der Waals surface area contributed by atoms with Crippen LogP contribution in [0.15, 0.2) is 18.3 Å². The average Bonchev–Trinajstić information content (AvgIpc) is 2.92. The van der Waals surface area contributed by atoms with Crippen molar-refractivity contribution in [3.05, 3.63) is 23.9 Å². The lowest BCUT2D eigenvalue weighted by Crippen LogP contribution is -2.25. The Hall–Kier alpha value is -1.58. The largest absolute Gasteiger partial charge is 0.475 e. The number of ether oxygens (including phenoxy) is 1. The maximum atomic E-state index is 12.0. The lowest BCUT2D eigenvalue weighted by atomic mass is 10.0. The van der Waals surface area contributed by atoms with Gasteiger partial charge >= 0.3 is 0 Å². The van der Waals surface area contributed by atoms with Crippen molar-refractivity contribution < 1.29 is 9.53 Å². The number of aromatic nitrogens is 1. The van der Waals surface area contributed by atoms with E-state index < -0.39 is 0 Å². The van der Waals surface area contributed by atoms with Crippen molar-refractivity contribution in [1.82, 2.24) is 10.3 Å². The molecule has 0 spiro atoms. The molecule has 1 fully saturated rings. The third kappa shape index (κ3) is 4.51. The van der Waals surface area contributed by atoms with Crippen molar-refractivity contribution in [3.8, 4) is 5.88 Å². The van der Waals surface area contributed by atoms with Gasteiger partial charge in [-0.3, -0.25) is 4.79 Å². The molecule has 0 saturated heterocycles. The van der Waals surface area contributed by atoms with Crippen LogP contribution in [0.4, 0.5) is 0 Å². The van der Waals surface area contributed by atoms with Crippen molar-refractivity contribution >= 4 is 5.91 Å². The number of hydrogen-bond acceptors (Lipinski definition) is 3. The van der Waals surface area contributed by atoms with Crippen molar-refractivity contribution in [1.29, 1.82) is 0 Å². The highest BCUT2D eigenvalue weighted by atomic mass is 16.5. The van der Waals surface area contributed by atoms with Gasteiger partial charge in [-0.25, -0.2) is 4.98 Å². The number of nitrogens with zero attached hydrogens (tertiary/aromatic N) is 1. The Balaban J connectivity index is 1.76. The second-order valence-corrected chi connectivity index (χ2v) is 5.75. The lowest BCUT2D eigenvalue weighted by molar-refractivity contribution is 0.0951. The molecule has 1 aliphatic carbocycles. The van der Waals surface area contributed by atoms with Gasteiger partial charge in [-0.05, 0) is 32.3 Å². The van der Waals surface area contributed by atoms with E-state index in [4.69, 9.17) is 4.74 Å². The molecule has 0 aliphatic heterocycles. The summed E-state index contributed by atoms with van der Waals surface area (Å²) in [6, 6.07) is 3.50. The quantitative estimate of drug-likeness (QED) is 0.868. The van der Waals surface area contributed by atoms with Crippen LogP contribution < -0.4 is 10.1 Å². The highest BCUT2D eigenvalue weighted by molar-refractivity contribution is 5.93. The van der Waals surface area contributed by atoms with Crippen LogP contribution >= 0.6 is 0 Å². The van der Waals surface area contributed by atoms with Crippen LogP contribution in [-0.4, -0.2) is 23.5 Å². The van der Waals surface area contributed by atoms with Crippen LogP contribution in [0, 0.1) is 5.92 Å². The summed E-state index contributed by atoms with van der Waals surface area (Å²) in [6.45, 7) is 4.66. The van der Waals surface area contributed by atoms with Gasteiger partial charge in [0.05, 0.1) is 11.7 Å². The fraction of sp³-hybridized carbons (Fsp3) is 0.625. The predicted molar refractivity (Wildman–Crippen MR) is 78.9 cm³/mol. The molecule has 4 heteroatoms. The summed E-state index contributed by atoms with van der Waals surface area (Å²) in [7, 11) is 0. The molecule has 1 amide bonds. The van der Waals surface area contributed by atoms with Crippen LogP contribution in [0.25, 0.3) is 0 Å². The van der Waals surface area contributed by atoms with E-state index in [0.29, 0.717) is 11.4 Å². The smallest absolute Gasteiger partial charge is 0.252 e. The molecule has 110 valence electrons. The summed E-state index contributed by atoms with van der Waals surface area (Å²) >= 11 is 0. The first kappa shape index (κ1) is 14.8. The minimum absolute atomic E-state index is 0.0495. The molecule has 0 bridgehead atoms. The molecule has 1 aliphatic rings.